The summed E-state index contributed by atoms with van der Waals surface area (Å²) in [5.41, 5.74) is -0.604. The molecule has 0 fully saturated rings. The molecule has 2 aromatic rings. The molecule has 0 radical (unpaired) electrons. The normalized spacial score (nSPS) is 11.8. The van der Waals surface area contributed by atoms with E-state index in [1.165, 1.54) is 19.1 Å². The lowest BCUT2D eigenvalue weighted by Gasteiger charge is -2.12. The number of hydrogen-bond acceptors (Lipinski definition) is 4. The molecule has 8 heteroatoms. The standard InChI is InChI=1S/C13H8Cl2FN3O2/c1-6(16)10-12(13(20)19-5-18-10)21-11-8(14)2-7(4-17)3-9(11)15/h2-3,5-6H,1H3,(H,18,19,20). The van der Waals surface area contributed by atoms with Crippen molar-refractivity contribution < 1.29 is 9.13 Å². The van der Waals surface area contributed by atoms with Crippen molar-refractivity contribution in [3.05, 3.63) is 50.1 Å². The third-order valence-electron chi connectivity index (χ3n) is 2.55. The smallest absolute Gasteiger partial charge is 0.294 e. The van der Waals surface area contributed by atoms with Crippen molar-refractivity contribution in [1.82, 2.24) is 9.97 Å². The van der Waals surface area contributed by atoms with Crippen LogP contribution in [0.1, 0.15) is 24.4 Å². The minimum atomic E-state index is -1.52. The van der Waals surface area contributed by atoms with Crippen LogP contribution in [0.25, 0.3) is 0 Å². The van der Waals surface area contributed by atoms with Crippen LogP contribution in [0.15, 0.2) is 23.3 Å². The van der Waals surface area contributed by atoms with Gasteiger partial charge in [-0.3, -0.25) is 4.79 Å². The molecule has 2 rings (SSSR count). The Morgan fingerprint density at radius 3 is 2.52 bits per heavy atom. The van der Waals surface area contributed by atoms with Gasteiger partial charge in [0.2, 0.25) is 5.75 Å². The Morgan fingerprint density at radius 2 is 2.00 bits per heavy atom. The van der Waals surface area contributed by atoms with Gasteiger partial charge in [0.25, 0.3) is 5.56 Å². The van der Waals surface area contributed by atoms with Crippen molar-refractivity contribution in [3.8, 4) is 17.6 Å². The largest absolute Gasteiger partial charge is 0.446 e. The highest BCUT2D eigenvalue weighted by Gasteiger charge is 2.20. The first-order valence-electron chi connectivity index (χ1n) is 5.72. The number of H-pyrrole nitrogens is 1. The molecule has 0 bridgehead atoms. The van der Waals surface area contributed by atoms with Crippen LogP contribution >= 0.6 is 23.2 Å². The lowest BCUT2D eigenvalue weighted by atomic mass is 10.2. The van der Waals surface area contributed by atoms with E-state index >= 15 is 0 Å². The minimum Gasteiger partial charge on any atom is -0.446 e. The van der Waals surface area contributed by atoms with Crippen LogP contribution in [0.4, 0.5) is 4.39 Å². The molecule has 0 aliphatic heterocycles. The molecule has 0 amide bonds. The Hall–Kier alpha value is -2.10. The van der Waals surface area contributed by atoms with E-state index in [9.17, 15) is 9.18 Å². The first-order chi connectivity index (χ1) is 9.93. The molecule has 0 saturated heterocycles. The number of hydrogen-bond donors (Lipinski definition) is 1. The van der Waals surface area contributed by atoms with E-state index in [4.69, 9.17) is 33.2 Å². The Balaban J connectivity index is 2.54. The van der Waals surface area contributed by atoms with Gasteiger partial charge in [0.05, 0.1) is 28.0 Å². The SMILES string of the molecule is CC(F)c1nc[nH]c(=O)c1Oc1c(Cl)cc(C#N)cc1Cl. The van der Waals surface area contributed by atoms with Gasteiger partial charge in [-0.05, 0) is 19.1 Å². The number of benzene rings is 1. The second-order valence-corrected chi connectivity index (χ2v) is 4.86. The van der Waals surface area contributed by atoms with Gasteiger partial charge in [0.15, 0.2) is 5.75 Å². The molecule has 1 heterocycles. The molecule has 5 nitrogen and oxygen atoms in total. The average Bonchev–Trinajstić information content (AvgIpc) is 2.43. The zero-order chi connectivity index (χ0) is 15.6. The molecule has 1 N–H and O–H groups in total. The Kier molecular flexibility index (Phi) is 4.46. The Morgan fingerprint density at radius 1 is 1.38 bits per heavy atom. The molecule has 1 atom stereocenters. The van der Waals surface area contributed by atoms with Crippen molar-refractivity contribution in [2.24, 2.45) is 0 Å². The molecule has 0 saturated carbocycles. The lowest BCUT2D eigenvalue weighted by Crippen LogP contribution is -2.13. The van der Waals surface area contributed by atoms with Gasteiger partial charge in [-0.25, -0.2) is 9.37 Å². The summed E-state index contributed by atoms with van der Waals surface area (Å²) in [7, 11) is 0. The van der Waals surface area contributed by atoms with E-state index < -0.39 is 11.7 Å². The predicted molar refractivity (Wildman–Crippen MR) is 75.6 cm³/mol. The second kappa shape index (κ2) is 6.12. The van der Waals surface area contributed by atoms with E-state index in [1.807, 2.05) is 6.07 Å². The number of alkyl halides is 1. The molecular weight excluding hydrogens is 320 g/mol. The van der Waals surface area contributed by atoms with Gasteiger partial charge >= 0.3 is 0 Å². The fourth-order valence-corrected chi connectivity index (χ4v) is 2.17. The number of ether oxygens (including phenoxy) is 1. The summed E-state index contributed by atoms with van der Waals surface area (Å²) in [5.74, 6) is -0.376. The van der Waals surface area contributed by atoms with Crippen LogP contribution in [0, 0.1) is 11.3 Å². The summed E-state index contributed by atoms with van der Waals surface area (Å²) in [4.78, 5) is 17.8. The lowest BCUT2D eigenvalue weighted by molar-refractivity contribution is 0.347. The van der Waals surface area contributed by atoms with Crippen molar-refractivity contribution in [2.45, 2.75) is 13.1 Å². The maximum absolute atomic E-state index is 13.5. The van der Waals surface area contributed by atoms with E-state index in [1.54, 1.807) is 0 Å². The first kappa shape index (κ1) is 15.3. The number of nitrogens with one attached hydrogen (secondary N) is 1. The van der Waals surface area contributed by atoms with Crippen molar-refractivity contribution in [1.29, 1.82) is 5.26 Å². The topological polar surface area (TPSA) is 78.8 Å². The highest BCUT2D eigenvalue weighted by atomic mass is 35.5. The van der Waals surface area contributed by atoms with Crippen LogP contribution in [-0.4, -0.2) is 9.97 Å². The van der Waals surface area contributed by atoms with Crippen molar-refractivity contribution in [3.63, 3.8) is 0 Å². The summed E-state index contributed by atoms with van der Waals surface area (Å²) in [5, 5.41) is 8.86. The third kappa shape index (κ3) is 3.15. The van der Waals surface area contributed by atoms with Crippen LogP contribution in [0.5, 0.6) is 11.5 Å². The maximum atomic E-state index is 13.5. The first-order valence-corrected chi connectivity index (χ1v) is 6.48. The van der Waals surface area contributed by atoms with E-state index in [2.05, 4.69) is 9.97 Å². The van der Waals surface area contributed by atoms with Crippen LogP contribution in [-0.2, 0) is 0 Å². The van der Waals surface area contributed by atoms with Gasteiger partial charge in [-0.1, -0.05) is 23.2 Å². The third-order valence-corrected chi connectivity index (χ3v) is 3.11. The highest BCUT2D eigenvalue weighted by molar-refractivity contribution is 6.37. The predicted octanol–water partition coefficient (Wildman–Crippen LogP) is 3.77. The molecule has 1 aromatic heterocycles. The maximum Gasteiger partial charge on any atom is 0.294 e. The number of nitriles is 1. The molecule has 21 heavy (non-hydrogen) atoms. The number of halogens is 3. The number of nitrogens with zero attached hydrogens (tertiary/aromatic N) is 2. The number of rotatable bonds is 3. The molecule has 0 aliphatic rings. The van der Waals surface area contributed by atoms with Gasteiger partial charge < -0.3 is 9.72 Å². The summed E-state index contributed by atoms with van der Waals surface area (Å²) >= 11 is 11.9. The molecule has 0 spiro atoms. The van der Waals surface area contributed by atoms with Gasteiger partial charge in [0.1, 0.15) is 11.9 Å². The van der Waals surface area contributed by atoms with Gasteiger partial charge in [-0.15, -0.1) is 0 Å². The highest BCUT2D eigenvalue weighted by Crippen LogP contribution is 2.37. The van der Waals surface area contributed by atoms with E-state index in [0.717, 1.165) is 6.33 Å². The monoisotopic (exact) mass is 327 g/mol. The average molecular weight is 328 g/mol. The molecule has 1 aromatic carbocycles. The summed E-state index contributed by atoms with van der Waals surface area (Å²) in [6, 6.07) is 4.53. The minimum absolute atomic E-state index is 0.0276. The van der Waals surface area contributed by atoms with Crippen molar-refractivity contribution in [2.75, 3.05) is 0 Å². The van der Waals surface area contributed by atoms with Gasteiger partial charge in [-0.2, -0.15) is 5.26 Å². The summed E-state index contributed by atoms with van der Waals surface area (Å²) < 4.78 is 18.8. The zero-order valence-corrected chi connectivity index (χ0v) is 12.2. The fourth-order valence-electron chi connectivity index (χ4n) is 1.61. The van der Waals surface area contributed by atoms with E-state index in [-0.39, 0.29) is 32.8 Å². The summed E-state index contributed by atoms with van der Waals surface area (Å²) in [6.45, 7) is 1.22. The Labute approximate surface area is 128 Å². The number of aromatic nitrogens is 2. The fraction of sp³-hybridized carbons (Fsp3) is 0.154. The van der Waals surface area contributed by atoms with Crippen LogP contribution in [0.3, 0.4) is 0 Å². The molecule has 0 aliphatic carbocycles. The molecule has 108 valence electrons. The summed E-state index contributed by atoms with van der Waals surface area (Å²) in [6.07, 6.45) is -0.444. The molecular formula is C13H8Cl2FN3O2. The number of aromatic amines is 1. The van der Waals surface area contributed by atoms with Crippen LogP contribution in [0.2, 0.25) is 10.0 Å². The van der Waals surface area contributed by atoms with Crippen molar-refractivity contribution >= 4 is 23.2 Å². The van der Waals surface area contributed by atoms with E-state index in [0.29, 0.717) is 0 Å². The molecule has 1 unspecified atom stereocenters. The Bertz CT molecular complexity index is 761. The quantitative estimate of drug-likeness (QED) is 0.930. The van der Waals surface area contributed by atoms with Crippen LogP contribution < -0.4 is 10.3 Å². The zero-order valence-electron chi connectivity index (χ0n) is 10.7. The second-order valence-electron chi connectivity index (χ2n) is 4.04. The van der Waals surface area contributed by atoms with Gasteiger partial charge in [0, 0.05) is 0 Å².